The van der Waals surface area contributed by atoms with E-state index in [9.17, 15) is 4.79 Å². The van der Waals surface area contributed by atoms with Crippen LogP contribution in [-0.4, -0.2) is 46.8 Å². The number of benzene rings is 2. The van der Waals surface area contributed by atoms with Gasteiger partial charge in [0.25, 0.3) is 5.91 Å². The minimum Gasteiger partial charge on any atom is -0.368 e. The first-order chi connectivity index (χ1) is 13.5. The Morgan fingerprint density at radius 3 is 2.29 bits per heavy atom. The van der Waals surface area contributed by atoms with Crippen LogP contribution in [0.3, 0.4) is 0 Å². The van der Waals surface area contributed by atoms with Crippen LogP contribution < -0.4 is 4.90 Å². The van der Waals surface area contributed by atoms with Gasteiger partial charge in [-0.05, 0) is 43.2 Å². The van der Waals surface area contributed by atoms with Crippen molar-refractivity contribution >= 4 is 11.6 Å². The fraction of sp³-hybridized carbons (Fsp3) is 0.304. The molecule has 0 atom stereocenters. The molecule has 1 aliphatic heterocycles. The van der Waals surface area contributed by atoms with Gasteiger partial charge in [0.2, 0.25) is 0 Å². The van der Waals surface area contributed by atoms with Gasteiger partial charge < -0.3 is 9.80 Å². The van der Waals surface area contributed by atoms with Crippen LogP contribution in [0.4, 0.5) is 5.69 Å². The minimum absolute atomic E-state index is 0.0119. The molecule has 1 amide bonds. The summed E-state index contributed by atoms with van der Waals surface area (Å²) in [7, 11) is 1.89. The van der Waals surface area contributed by atoms with Crippen molar-refractivity contribution in [1.82, 2.24) is 14.7 Å². The number of amides is 1. The molecule has 0 bridgehead atoms. The number of carbonyl (C=O) groups excluding carboxylic acids is 1. The maximum atomic E-state index is 13.0. The Balaban J connectivity index is 1.46. The molecule has 144 valence electrons. The van der Waals surface area contributed by atoms with Crippen molar-refractivity contribution in [2.45, 2.75) is 13.8 Å². The largest absolute Gasteiger partial charge is 0.368 e. The van der Waals surface area contributed by atoms with E-state index >= 15 is 0 Å². The van der Waals surface area contributed by atoms with Crippen LogP contribution in [-0.2, 0) is 7.05 Å². The van der Waals surface area contributed by atoms with Gasteiger partial charge in [0, 0.05) is 38.9 Å². The quantitative estimate of drug-likeness (QED) is 0.702. The molecule has 5 nitrogen and oxygen atoms in total. The summed E-state index contributed by atoms with van der Waals surface area (Å²) in [5.74, 6) is 0.0119. The topological polar surface area (TPSA) is 41.4 Å². The minimum atomic E-state index is 0.0119. The highest BCUT2D eigenvalue weighted by Crippen LogP contribution is 2.22. The molecular weight excluding hydrogens is 348 g/mol. The average molecular weight is 374 g/mol. The third-order valence-electron chi connectivity index (χ3n) is 5.38. The lowest BCUT2D eigenvalue weighted by atomic mass is 10.1. The summed E-state index contributed by atoms with van der Waals surface area (Å²) >= 11 is 0. The molecular formula is C23H26N4O. The number of aromatic nitrogens is 2. The molecule has 3 aromatic rings. The zero-order chi connectivity index (χ0) is 19.7. The van der Waals surface area contributed by atoms with Gasteiger partial charge in [-0.3, -0.25) is 9.48 Å². The molecule has 0 radical (unpaired) electrons. The number of hydrogen-bond donors (Lipinski definition) is 0. The van der Waals surface area contributed by atoms with Gasteiger partial charge in [-0.25, -0.2) is 0 Å². The monoisotopic (exact) mass is 374 g/mol. The third-order valence-corrected chi connectivity index (χ3v) is 5.38. The fourth-order valence-corrected chi connectivity index (χ4v) is 3.72. The SMILES string of the molecule is Cc1ccc(-c2cc(C(=O)N3CCN(c4cccc(C)c4)CC3)nn2C)cc1. The van der Waals surface area contributed by atoms with Crippen LogP contribution >= 0.6 is 0 Å². The first-order valence-corrected chi connectivity index (χ1v) is 9.73. The Morgan fingerprint density at radius 1 is 0.893 bits per heavy atom. The summed E-state index contributed by atoms with van der Waals surface area (Å²) in [6.45, 7) is 7.28. The second kappa shape index (κ2) is 7.50. The number of nitrogens with zero attached hydrogens (tertiary/aromatic N) is 4. The van der Waals surface area contributed by atoms with Crippen LogP contribution in [0.15, 0.2) is 54.6 Å². The molecule has 2 heterocycles. The standard InChI is InChI=1S/C23H26N4O/c1-17-7-9-19(10-8-17)22-16-21(24-25(22)3)23(28)27-13-11-26(12-14-27)20-6-4-5-18(2)15-20/h4-10,15-16H,11-14H2,1-3H3. The van der Waals surface area contributed by atoms with Crippen LogP contribution in [0, 0.1) is 13.8 Å². The van der Waals surface area contributed by atoms with Gasteiger partial charge in [-0.2, -0.15) is 5.10 Å². The Hall–Kier alpha value is -3.08. The number of hydrogen-bond acceptors (Lipinski definition) is 3. The zero-order valence-corrected chi connectivity index (χ0v) is 16.7. The number of carbonyl (C=O) groups is 1. The number of aryl methyl sites for hydroxylation is 3. The van der Waals surface area contributed by atoms with Gasteiger partial charge in [-0.15, -0.1) is 0 Å². The highest BCUT2D eigenvalue weighted by atomic mass is 16.2. The molecule has 28 heavy (non-hydrogen) atoms. The summed E-state index contributed by atoms with van der Waals surface area (Å²) in [6.07, 6.45) is 0. The van der Waals surface area contributed by atoms with Gasteiger partial charge >= 0.3 is 0 Å². The van der Waals surface area contributed by atoms with E-state index in [1.165, 1.54) is 16.8 Å². The second-order valence-electron chi connectivity index (χ2n) is 7.52. The molecule has 0 N–H and O–H groups in total. The van der Waals surface area contributed by atoms with Crippen LogP contribution in [0.1, 0.15) is 21.6 Å². The van der Waals surface area contributed by atoms with E-state index < -0.39 is 0 Å². The molecule has 4 rings (SSSR count). The maximum absolute atomic E-state index is 13.0. The van der Waals surface area contributed by atoms with E-state index in [2.05, 4.69) is 72.4 Å². The fourth-order valence-electron chi connectivity index (χ4n) is 3.72. The molecule has 0 unspecified atom stereocenters. The lowest BCUT2D eigenvalue weighted by Gasteiger charge is -2.36. The summed E-state index contributed by atoms with van der Waals surface area (Å²) in [6, 6.07) is 18.7. The third kappa shape index (κ3) is 3.65. The normalized spacial score (nSPS) is 14.4. The summed E-state index contributed by atoms with van der Waals surface area (Å²) in [4.78, 5) is 17.2. The summed E-state index contributed by atoms with van der Waals surface area (Å²) < 4.78 is 1.79. The zero-order valence-electron chi connectivity index (χ0n) is 16.7. The van der Waals surface area contributed by atoms with Gasteiger partial charge in [-0.1, -0.05) is 42.0 Å². The van der Waals surface area contributed by atoms with E-state index in [4.69, 9.17) is 0 Å². The molecule has 0 saturated carbocycles. The molecule has 5 heteroatoms. The van der Waals surface area contributed by atoms with E-state index in [0.717, 1.165) is 24.3 Å². The molecule has 1 saturated heterocycles. The Morgan fingerprint density at radius 2 is 1.61 bits per heavy atom. The first-order valence-electron chi connectivity index (χ1n) is 9.73. The number of piperazine rings is 1. The predicted octanol–water partition coefficient (Wildman–Crippen LogP) is 3.67. The number of rotatable bonds is 3. The molecule has 0 spiro atoms. The lowest BCUT2D eigenvalue weighted by Crippen LogP contribution is -2.48. The molecule has 1 aliphatic rings. The smallest absolute Gasteiger partial charge is 0.274 e. The van der Waals surface area contributed by atoms with Crippen molar-refractivity contribution in [2.75, 3.05) is 31.1 Å². The second-order valence-corrected chi connectivity index (χ2v) is 7.52. The Bertz CT molecular complexity index is 982. The van der Waals surface area contributed by atoms with Gasteiger partial charge in [0.05, 0.1) is 5.69 Å². The maximum Gasteiger partial charge on any atom is 0.274 e. The predicted molar refractivity (Wildman–Crippen MR) is 113 cm³/mol. The van der Waals surface area contributed by atoms with Crippen molar-refractivity contribution in [2.24, 2.45) is 7.05 Å². The first kappa shape index (κ1) is 18.3. The van der Waals surface area contributed by atoms with Gasteiger partial charge in [0.1, 0.15) is 0 Å². The highest BCUT2D eigenvalue weighted by Gasteiger charge is 2.24. The molecule has 1 fully saturated rings. The van der Waals surface area contributed by atoms with Crippen LogP contribution in [0.2, 0.25) is 0 Å². The van der Waals surface area contributed by atoms with Crippen molar-refractivity contribution in [3.63, 3.8) is 0 Å². The van der Waals surface area contributed by atoms with E-state index in [1.807, 2.05) is 18.0 Å². The molecule has 2 aromatic carbocycles. The number of anilines is 1. The van der Waals surface area contributed by atoms with E-state index in [1.54, 1.807) is 4.68 Å². The Kier molecular flexibility index (Phi) is 4.90. The van der Waals surface area contributed by atoms with Gasteiger partial charge in [0.15, 0.2) is 5.69 Å². The highest BCUT2D eigenvalue weighted by molar-refractivity contribution is 5.93. The van der Waals surface area contributed by atoms with Crippen LogP contribution in [0.25, 0.3) is 11.3 Å². The average Bonchev–Trinajstić information content (AvgIpc) is 3.10. The van der Waals surface area contributed by atoms with E-state index in [0.29, 0.717) is 18.8 Å². The van der Waals surface area contributed by atoms with Crippen molar-refractivity contribution in [1.29, 1.82) is 0 Å². The summed E-state index contributed by atoms with van der Waals surface area (Å²) in [5.41, 5.74) is 6.25. The van der Waals surface area contributed by atoms with Crippen molar-refractivity contribution in [3.8, 4) is 11.3 Å². The Labute approximate surface area is 166 Å². The van der Waals surface area contributed by atoms with Crippen LogP contribution in [0.5, 0.6) is 0 Å². The van der Waals surface area contributed by atoms with Crippen molar-refractivity contribution in [3.05, 3.63) is 71.4 Å². The molecule has 0 aliphatic carbocycles. The molecule has 1 aromatic heterocycles. The van der Waals surface area contributed by atoms with Crippen molar-refractivity contribution < 1.29 is 4.79 Å². The lowest BCUT2D eigenvalue weighted by molar-refractivity contribution is 0.0740. The van der Waals surface area contributed by atoms with E-state index in [-0.39, 0.29) is 5.91 Å². The summed E-state index contributed by atoms with van der Waals surface area (Å²) in [5, 5.41) is 4.49.